The highest BCUT2D eigenvalue weighted by Crippen LogP contribution is 2.36. The Labute approximate surface area is 125 Å². The van der Waals surface area contributed by atoms with E-state index in [-0.39, 0.29) is 12.1 Å². The lowest BCUT2D eigenvalue weighted by atomic mass is 9.98. The first kappa shape index (κ1) is 14.2. The van der Waals surface area contributed by atoms with E-state index < -0.39 is 0 Å². The first-order chi connectivity index (χ1) is 9.90. The van der Waals surface area contributed by atoms with Crippen molar-refractivity contribution in [3.8, 4) is 5.75 Å². The molecule has 3 rings (SSSR count). The van der Waals surface area contributed by atoms with E-state index in [0.717, 1.165) is 49.9 Å². The van der Waals surface area contributed by atoms with Gasteiger partial charge in [-0.25, -0.2) is 0 Å². The van der Waals surface area contributed by atoms with Gasteiger partial charge in [0.2, 0.25) is 0 Å². The Hall–Kier alpha value is -0.710. The summed E-state index contributed by atoms with van der Waals surface area (Å²) in [5.74, 6) is 3.27. The predicted molar refractivity (Wildman–Crippen MR) is 83.7 cm³/mol. The Morgan fingerprint density at radius 3 is 3.15 bits per heavy atom. The van der Waals surface area contributed by atoms with Gasteiger partial charge in [0.1, 0.15) is 5.75 Å². The number of para-hydroxylation sites is 1. The summed E-state index contributed by atoms with van der Waals surface area (Å²) in [5, 5.41) is 3.67. The third-order valence-electron chi connectivity index (χ3n) is 3.91. The van der Waals surface area contributed by atoms with Crippen LogP contribution >= 0.6 is 11.8 Å². The number of hydrogen-bond acceptors (Lipinski definition) is 4. The van der Waals surface area contributed by atoms with Crippen LogP contribution in [0.1, 0.15) is 30.5 Å². The van der Waals surface area contributed by atoms with Crippen LogP contribution in [-0.2, 0) is 11.2 Å². The molecule has 0 aliphatic carbocycles. The first-order valence-corrected chi connectivity index (χ1v) is 8.73. The third kappa shape index (κ3) is 2.97. The smallest absolute Gasteiger partial charge is 0.127 e. The highest BCUT2D eigenvalue weighted by atomic mass is 32.2. The molecular formula is C16H23NO2S. The maximum absolute atomic E-state index is 6.01. The zero-order chi connectivity index (χ0) is 13.8. The standard InChI is InChI=1S/C16H23NO2S/c1-2-7-17-15(14-11-20-10-9-18-14)13-5-3-4-12-6-8-19-16(12)13/h3-5,14-15,17H,2,6-11H2,1H3. The molecule has 1 N–H and O–H groups in total. The molecule has 1 fully saturated rings. The summed E-state index contributed by atoms with van der Waals surface area (Å²) in [6.45, 7) is 4.88. The summed E-state index contributed by atoms with van der Waals surface area (Å²) >= 11 is 1.99. The number of thioether (sulfide) groups is 1. The molecule has 0 aromatic heterocycles. The third-order valence-corrected chi connectivity index (χ3v) is 4.93. The maximum Gasteiger partial charge on any atom is 0.127 e. The van der Waals surface area contributed by atoms with Crippen molar-refractivity contribution in [2.45, 2.75) is 31.9 Å². The van der Waals surface area contributed by atoms with Gasteiger partial charge in [0.25, 0.3) is 0 Å². The van der Waals surface area contributed by atoms with Crippen molar-refractivity contribution in [2.75, 3.05) is 31.3 Å². The van der Waals surface area contributed by atoms with Crippen molar-refractivity contribution in [3.05, 3.63) is 29.3 Å². The summed E-state index contributed by atoms with van der Waals surface area (Å²) in [6.07, 6.45) is 2.41. The van der Waals surface area contributed by atoms with E-state index in [0.29, 0.717) is 0 Å². The molecule has 1 saturated heterocycles. The molecule has 2 heterocycles. The Kier molecular flexibility index (Phi) is 4.86. The molecule has 1 aromatic carbocycles. The number of nitrogens with one attached hydrogen (secondary N) is 1. The van der Waals surface area contributed by atoms with Gasteiger partial charge in [0, 0.05) is 23.5 Å². The zero-order valence-electron chi connectivity index (χ0n) is 12.1. The topological polar surface area (TPSA) is 30.5 Å². The van der Waals surface area contributed by atoms with Crippen LogP contribution in [0.15, 0.2) is 18.2 Å². The summed E-state index contributed by atoms with van der Waals surface area (Å²) in [6, 6.07) is 6.77. The fourth-order valence-corrected chi connectivity index (χ4v) is 3.83. The fourth-order valence-electron chi connectivity index (χ4n) is 2.93. The van der Waals surface area contributed by atoms with Gasteiger partial charge in [0.15, 0.2) is 0 Å². The van der Waals surface area contributed by atoms with Crippen LogP contribution in [0, 0.1) is 0 Å². The molecule has 1 aromatic rings. The zero-order valence-corrected chi connectivity index (χ0v) is 12.9. The molecule has 0 spiro atoms. The second-order valence-electron chi connectivity index (χ2n) is 5.35. The molecule has 2 unspecified atom stereocenters. The molecule has 110 valence electrons. The van der Waals surface area contributed by atoms with E-state index in [2.05, 4.69) is 30.4 Å². The van der Waals surface area contributed by atoms with E-state index in [1.54, 1.807) is 0 Å². The summed E-state index contributed by atoms with van der Waals surface area (Å²) in [4.78, 5) is 0. The Morgan fingerprint density at radius 1 is 1.40 bits per heavy atom. The van der Waals surface area contributed by atoms with Gasteiger partial charge in [-0.05, 0) is 18.5 Å². The minimum absolute atomic E-state index is 0.246. The summed E-state index contributed by atoms with van der Waals surface area (Å²) in [7, 11) is 0. The number of rotatable bonds is 5. The highest BCUT2D eigenvalue weighted by molar-refractivity contribution is 7.99. The fraction of sp³-hybridized carbons (Fsp3) is 0.625. The lowest BCUT2D eigenvalue weighted by Crippen LogP contribution is -2.38. The lowest BCUT2D eigenvalue weighted by Gasteiger charge is -2.32. The van der Waals surface area contributed by atoms with Crippen LogP contribution in [0.5, 0.6) is 5.75 Å². The molecule has 0 amide bonds. The molecular weight excluding hydrogens is 270 g/mol. The summed E-state index contributed by atoms with van der Waals surface area (Å²) in [5.41, 5.74) is 2.62. The first-order valence-electron chi connectivity index (χ1n) is 7.57. The molecule has 2 aliphatic heterocycles. The Balaban J connectivity index is 1.86. The monoisotopic (exact) mass is 293 g/mol. The number of ether oxygens (including phenoxy) is 2. The average Bonchev–Trinajstić information content (AvgIpc) is 2.98. The number of hydrogen-bond donors (Lipinski definition) is 1. The van der Waals surface area contributed by atoms with E-state index in [1.165, 1.54) is 11.1 Å². The highest BCUT2D eigenvalue weighted by Gasteiger charge is 2.30. The quantitative estimate of drug-likeness (QED) is 0.904. The van der Waals surface area contributed by atoms with Crippen molar-refractivity contribution in [2.24, 2.45) is 0 Å². The van der Waals surface area contributed by atoms with Crippen molar-refractivity contribution in [1.29, 1.82) is 0 Å². The summed E-state index contributed by atoms with van der Waals surface area (Å²) < 4.78 is 11.9. The van der Waals surface area contributed by atoms with Gasteiger partial charge < -0.3 is 14.8 Å². The molecule has 0 radical (unpaired) electrons. The minimum Gasteiger partial charge on any atom is -0.493 e. The normalized spacial score (nSPS) is 23.1. The van der Waals surface area contributed by atoms with Crippen LogP contribution < -0.4 is 10.1 Å². The van der Waals surface area contributed by atoms with Crippen molar-refractivity contribution in [3.63, 3.8) is 0 Å². The SMILES string of the molecule is CCCNC(c1cccc2c1OCC2)C1CSCCO1. The molecule has 2 atom stereocenters. The van der Waals surface area contributed by atoms with Gasteiger partial charge in [0.05, 0.1) is 25.4 Å². The number of benzene rings is 1. The van der Waals surface area contributed by atoms with Crippen LogP contribution in [-0.4, -0.2) is 37.4 Å². The second-order valence-corrected chi connectivity index (χ2v) is 6.50. The van der Waals surface area contributed by atoms with Crippen molar-refractivity contribution >= 4 is 11.8 Å². The van der Waals surface area contributed by atoms with Gasteiger partial charge >= 0.3 is 0 Å². The van der Waals surface area contributed by atoms with Crippen molar-refractivity contribution in [1.82, 2.24) is 5.32 Å². The van der Waals surface area contributed by atoms with Crippen LogP contribution in [0.2, 0.25) is 0 Å². The van der Waals surface area contributed by atoms with E-state index >= 15 is 0 Å². The van der Waals surface area contributed by atoms with E-state index in [9.17, 15) is 0 Å². The van der Waals surface area contributed by atoms with Crippen LogP contribution in [0.4, 0.5) is 0 Å². The van der Waals surface area contributed by atoms with E-state index in [1.807, 2.05) is 11.8 Å². The van der Waals surface area contributed by atoms with Crippen LogP contribution in [0.3, 0.4) is 0 Å². The van der Waals surface area contributed by atoms with Gasteiger partial charge in [-0.15, -0.1) is 0 Å². The van der Waals surface area contributed by atoms with E-state index in [4.69, 9.17) is 9.47 Å². The minimum atomic E-state index is 0.246. The second kappa shape index (κ2) is 6.83. The lowest BCUT2D eigenvalue weighted by molar-refractivity contribution is 0.0461. The maximum atomic E-state index is 6.01. The van der Waals surface area contributed by atoms with Gasteiger partial charge in [-0.2, -0.15) is 11.8 Å². The molecule has 4 heteroatoms. The largest absolute Gasteiger partial charge is 0.493 e. The molecule has 2 aliphatic rings. The van der Waals surface area contributed by atoms with Gasteiger partial charge in [-0.3, -0.25) is 0 Å². The molecule has 3 nitrogen and oxygen atoms in total. The molecule has 0 saturated carbocycles. The van der Waals surface area contributed by atoms with Crippen molar-refractivity contribution < 1.29 is 9.47 Å². The Morgan fingerprint density at radius 2 is 2.35 bits per heavy atom. The predicted octanol–water partition coefficient (Wildman–Crippen LogP) is 2.79. The van der Waals surface area contributed by atoms with Gasteiger partial charge in [-0.1, -0.05) is 25.1 Å². The number of fused-ring (bicyclic) bond motifs is 1. The molecule has 20 heavy (non-hydrogen) atoms. The van der Waals surface area contributed by atoms with Crippen LogP contribution in [0.25, 0.3) is 0 Å². The Bertz CT molecular complexity index is 446. The molecule has 0 bridgehead atoms. The average molecular weight is 293 g/mol.